The van der Waals surface area contributed by atoms with Crippen molar-refractivity contribution in [1.82, 2.24) is 4.57 Å². The lowest BCUT2D eigenvalue weighted by molar-refractivity contribution is -0.0417. The zero-order valence-electron chi connectivity index (χ0n) is 10.3. The first-order valence-electron chi connectivity index (χ1n) is 6.73. The molecule has 1 atom stereocenters. The van der Waals surface area contributed by atoms with Gasteiger partial charge in [0.15, 0.2) is 0 Å². The van der Waals surface area contributed by atoms with Gasteiger partial charge in [0.2, 0.25) is 0 Å². The highest BCUT2D eigenvalue weighted by molar-refractivity contribution is 5.08. The lowest BCUT2D eigenvalue weighted by Crippen LogP contribution is -2.26. The molecule has 0 aromatic carbocycles. The van der Waals surface area contributed by atoms with Crippen LogP contribution in [0.2, 0.25) is 0 Å². The lowest BCUT2D eigenvalue weighted by Gasteiger charge is -2.23. The lowest BCUT2D eigenvalue weighted by atomic mass is 9.98. The van der Waals surface area contributed by atoms with E-state index < -0.39 is 0 Å². The Balaban J connectivity index is 1.59. The van der Waals surface area contributed by atoms with E-state index in [0.717, 1.165) is 12.1 Å². The Bertz CT molecular complexity index is 379. The fourth-order valence-electron chi connectivity index (χ4n) is 3.34. The van der Waals surface area contributed by atoms with Crippen LogP contribution >= 0.6 is 0 Å². The Labute approximate surface area is 102 Å². The van der Waals surface area contributed by atoms with Gasteiger partial charge in [-0.1, -0.05) is 12.8 Å². The molecule has 0 radical (unpaired) electrons. The van der Waals surface area contributed by atoms with Crippen molar-refractivity contribution in [2.75, 3.05) is 0 Å². The van der Waals surface area contributed by atoms with Gasteiger partial charge in [0, 0.05) is 18.9 Å². The number of rotatable bonds is 3. The van der Waals surface area contributed by atoms with E-state index in [4.69, 9.17) is 9.84 Å². The van der Waals surface area contributed by atoms with Gasteiger partial charge < -0.3 is 14.4 Å². The van der Waals surface area contributed by atoms with E-state index >= 15 is 0 Å². The molecule has 1 aromatic heterocycles. The molecule has 2 heterocycles. The fourth-order valence-corrected chi connectivity index (χ4v) is 3.34. The maximum absolute atomic E-state index is 9.03. The van der Waals surface area contributed by atoms with E-state index in [1.807, 2.05) is 18.5 Å². The van der Waals surface area contributed by atoms with Gasteiger partial charge in [0.05, 0.1) is 18.3 Å². The molecular formula is C14H21NO2. The number of aliphatic hydroxyl groups excluding tert-OH is 1. The van der Waals surface area contributed by atoms with E-state index in [0.29, 0.717) is 6.10 Å². The Kier molecular flexibility index (Phi) is 2.97. The molecule has 1 saturated carbocycles. The highest BCUT2D eigenvalue weighted by Crippen LogP contribution is 2.43. The Hall–Kier alpha value is -0.800. The molecule has 3 heteroatoms. The van der Waals surface area contributed by atoms with Crippen molar-refractivity contribution >= 4 is 0 Å². The molecule has 1 unspecified atom stereocenters. The molecule has 17 heavy (non-hydrogen) atoms. The van der Waals surface area contributed by atoms with Crippen LogP contribution in [0.1, 0.15) is 44.1 Å². The summed E-state index contributed by atoms with van der Waals surface area (Å²) in [5.41, 5.74) is 1.22. The van der Waals surface area contributed by atoms with Gasteiger partial charge in [0.25, 0.3) is 0 Å². The second-order valence-corrected chi connectivity index (χ2v) is 5.54. The zero-order chi connectivity index (χ0) is 11.7. The van der Waals surface area contributed by atoms with Gasteiger partial charge in [-0.2, -0.15) is 0 Å². The van der Waals surface area contributed by atoms with Crippen molar-refractivity contribution in [1.29, 1.82) is 0 Å². The molecule has 1 aromatic rings. The van der Waals surface area contributed by atoms with E-state index in [9.17, 15) is 0 Å². The second-order valence-electron chi connectivity index (χ2n) is 5.54. The number of ether oxygens (including phenoxy) is 1. The van der Waals surface area contributed by atoms with Gasteiger partial charge >= 0.3 is 0 Å². The summed E-state index contributed by atoms with van der Waals surface area (Å²) in [7, 11) is 0. The molecule has 1 spiro atoms. The molecule has 94 valence electrons. The van der Waals surface area contributed by atoms with E-state index in [-0.39, 0.29) is 12.2 Å². The highest BCUT2D eigenvalue weighted by Gasteiger charge is 2.41. The first-order valence-corrected chi connectivity index (χ1v) is 6.73. The number of aliphatic hydroxyl groups is 1. The van der Waals surface area contributed by atoms with E-state index in [1.165, 1.54) is 38.5 Å². The summed E-state index contributed by atoms with van der Waals surface area (Å²) in [5, 5.41) is 9.03. The number of aromatic nitrogens is 1. The molecule has 1 N–H and O–H groups in total. The predicted octanol–water partition coefficient (Wildman–Crippen LogP) is 2.47. The monoisotopic (exact) mass is 235 g/mol. The van der Waals surface area contributed by atoms with Crippen LogP contribution in [-0.2, 0) is 17.9 Å². The van der Waals surface area contributed by atoms with Gasteiger partial charge in [-0.05, 0) is 37.3 Å². The third-order valence-electron chi connectivity index (χ3n) is 4.26. The summed E-state index contributed by atoms with van der Waals surface area (Å²) in [6.45, 7) is 1.06. The minimum Gasteiger partial charge on any atom is -0.392 e. The van der Waals surface area contributed by atoms with Gasteiger partial charge in [-0.25, -0.2) is 0 Å². The average Bonchev–Trinajstić information content (AvgIpc) is 3.03. The summed E-state index contributed by atoms with van der Waals surface area (Å²) in [4.78, 5) is 0. The molecular weight excluding hydrogens is 214 g/mol. The maximum atomic E-state index is 9.03. The standard InChI is InChI=1S/C14H21NO2/c16-11-12-4-8-15(9-12)10-13-3-7-14(17-13)5-1-2-6-14/h4,8-9,13,16H,1-3,5-7,10-11H2. The van der Waals surface area contributed by atoms with Crippen molar-refractivity contribution in [2.24, 2.45) is 0 Å². The zero-order valence-corrected chi connectivity index (χ0v) is 10.3. The van der Waals surface area contributed by atoms with Crippen LogP contribution in [0.5, 0.6) is 0 Å². The minimum atomic E-state index is 0.127. The molecule has 1 saturated heterocycles. The van der Waals surface area contributed by atoms with Crippen LogP contribution in [0.15, 0.2) is 18.5 Å². The number of hydrogen-bond donors (Lipinski definition) is 1. The Morgan fingerprint density at radius 3 is 2.88 bits per heavy atom. The smallest absolute Gasteiger partial charge is 0.0762 e. The molecule has 2 aliphatic rings. The minimum absolute atomic E-state index is 0.127. The van der Waals surface area contributed by atoms with E-state index in [1.54, 1.807) is 0 Å². The van der Waals surface area contributed by atoms with Gasteiger partial charge in [-0.15, -0.1) is 0 Å². The Morgan fingerprint density at radius 2 is 2.18 bits per heavy atom. The fraction of sp³-hybridized carbons (Fsp3) is 0.714. The summed E-state index contributed by atoms with van der Waals surface area (Å²) in [5.74, 6) is 0. The third kappa shape index (κ3) is 2.26. The maximum Gasteiger partial charge on any atom is 0.0762 e. The molecule has 2 fully saturated rings. The van der Waals surface area contributed by atoms with Crippen LogP contribution < -0.4 is 0 Å². The summed E-state index contributed by atoms with van der Waals surface area (Å²) in [6.07, 6.45) is 12.0. The summed E-state index contributed by atoms with van der Waals surface area (Å²) >= 11 is 0. The molecule has 1 aliphatic heterocycles. The molecule has 0 bridgehead atoms. The van der Waals surface area contributed by atoms with Crippen LogP contribution in [0.3, 0.4) is 0 Å². The van der Waals surface area contributed by atoms with Crippen molar-refractivity contribution in [3.63, 3.8) is 0 Å². The van der Waals surface area contributed by atoms with Crippen molar-refractivity contribution in [3.05, 3.63) is 24.0 Å². The third-order valence-corrected chi connectivity index (χ3v) is 4.26. The topological polar surface area (TPSA) is 34.4 Å². The van der Waals surface area contributed by atoms with Gasteiger partial charge in [-0.3, -0.25) is 0 Å². The SMILES string of the molecule is OCc1ccn(CC2CCC3(CCCC3)O2)c1. The average molecular weight is 235 g/mol. The van der Waals surface area contributed by atoms with E-state index in [2.05, 4.69) is 4.57 Å². The first kappa shape index (κ1) is 11.3. The summed E-state index contributed by atoms with van der Waals surface area (Å²) < 4.78 is 8.42. The Morgan fingerprint density at radius 1 is 1.35 bits per heavy atom. The van der Waals surface area contributed by atoms with Crippen molar-refractivity contribution in [2.45, 2.75) is 63.4 Å². The van der Waals surface area contributed by atoms with Gasteiger partial charge in [0.1, 0.15) is 0 Å². The summed E-state index contributed by atoms with van der Waals surface area (Å²) in [6, 6.07) is 1.97. The van der Waals surface area contributed by atoms with Crippen LogP contribution in [0.4, 0.5) is 0 Å². The number of hydrogen-bond acceptors (Lipinski definition) is 2. The van der Waals surface area contributed by atoms with Crippen LogP contribution in [0.25, 0.3) is 0 Å². The predicted molar refractivity (Wildman–Crippen MR) is 65.7 cm³/mol. The van der Waals surface area contributed by atoms with Crippen molar-refractivity contribution < 1.29 is 9.84 Å². The first-order chi connectivity index (χ1) is 8.30. The second kappa shape index (κ2) is 4.46. The highest BCUT2D eigenvalue weighted by atomic mass is 16.5. The molecule has 3 rings (SSSR count). The molecule has 3 nitrogen and oxygen atoms in total. The van der Waals surface area contributed by atoms with Crippen LogP contribution in [0, 0.1) is 0 Å². The number of nitrogens with zero attached hydrogens (tertiary/aromatic N) is 1. The molecule has 0 amide bonds. The van der Waals surface area contributed by atoms with Crippen LogP contribution in [-0.4, -0.2) is 21.4 Å². The van der Waals surface area contributed by atoms with Crippen molar-refractivity contribution in [3.8, 4) is 0 Å². The quantitative estimate of drug-likeness (QED) is 0.873. The largest absolute Gasteiger partial charge is 0.392 e. The normalized spacial score (nSPS) is 27.0. The molecule has 1 aliphatic carbocycles.